The number of hydrogen-bond donors (Lipinski definition) is 4. The molecule has 1 aromatic heterocycles. The molecule has 1 amide bonds. The lowest BCUT2D eigenvalue weighted by atomic mass is 10.0. The summed E-state index contributed by atoms with van der Waals surface area (Å²) in [5.74, 6) is 0.144. The summed E-state index contributed by atoms with van der Waals surface area (Å²) in [5, 5.41) is 15.5. The highest BCUT2D eigenvalue weighted by molar-refractivity contribution is 7.10. The summed E-state index contributed by atoms with van der Waals surface area (Å²) in [7, 11) is 0. The monoisotopic (exact) mass is 278 g/mol. The number of nitrogens with two attached hydrogens (primary N) is 1. The molecular weight excluding hydrogens is 260 g/mol. The molecule has 1 aliphatic heterocycles. The van der Waals surface area contributed by atoms with Crippen molar-refractivity contribution in [3.05, 3.63) is 21.9 Å². The molecule has 1 saturated heterocycles. The van der Waals surface area contributed by atoms with Gasteiger partial charge in [0.25, 0.3) is 0 Å². The number of fused-ring (bicyclic) bond motifs is 1. The van der Waals surface area contributed by atoms with Gasteiger partial charge in [-0.2, -0.15) is 0 Å². The standard InChI is InChI=1S/C13H18N4OS/c1-13-3-9(17-10(13)4-13)12(18)16-5-8-2-7(6-19-8)11(14)15/h2,6,9-10,17H,3-5H2,1H3,(H3,14,15)(H,16,18)/t9-,10-,13+/m0/s1. The summed E-state index contributed by atoms with van der Waals surface area (Å²) in [6.45, 7) is 2.74. The molecule has 6 heteroatoms. The zero-order chi connectivity index (χ0) is 13.6. The number of hydrogen-bond acceptors (Lipinski definition) is 4. The summed E-state index contributed by atoms with van der Waals surface area (Å²) in [4.78, 5) is 13.1. The van der Waals surface area contributed by atoms with Crippen LogP contribution in [-0.2, 0) is 11.3 Å². The predicted octanol–water partition coefficient (Wildman–Crippen LogP) is 0.789. The quantitative estimate of drug-likeness (QED) is 0.485. The van der Waals surface area contributed by atoms with E-state index in [1.54, 1.807) is 0 Å². The molecule has 5 nitrogen and oxygen atoms in total. The zero-order valence-corrected chi connectivity index (χ0v) is 11.6. The Morgan fingerprint density at radius 3 is 3.05 bits per heavy atom. The van der Waals surface area contributed by atoms with E-state index in [1.807, 2.05) is 11.4 Å². The van der Waals surface area contributed by atoms with Crippen LogP contribution in [0.2, 0.25) is 0 Å². The number of thiophene rings is 1. The molecule has 2 heterocycles. The molecule has 0 aromatic carbocycles. The number of carbonyl (C=O) groups is 1. The molecular formula is C13H18N4OS. The van der Waals surface area contributed by atoms with Crippen LogP contribution in [0.3, 0.4) is 0 Å². The summed E-state index contributed by atoms with van der Waals surface area (Å²) >= 11 is 1.52. The van der Waals surface area contributed by atoms with E-state index in [4.69, 9.17) is 11.1 Å². The van der Waals surface area contributed by atoms with Crippen LogP contribution in [0.4, 0.5) is 0 Å². The maximum absolute atomic E-state index is 12.0. The fourth-order valence-electron chi connectivity index (χ4n) is 2.74. The van der Waals surface area contributed by atoms with Crippen LogP contribution in [0.1, 0.15) is 30.2 Å². The highest BCUT2D eigenvalue weighted by Crippen LogP contribution is 2.53. The molecule has 2 aliphatic rings. The van der Waals surface area contributed by atoms with Gasteiger partial charge in [0.1, 0.15) is 5.84 Å². The normalized spacial score (nSPS) is 31.8. The topological polar surface area (TPSA) is 91.0 Å². The van der Waals surface area contributed by atoms with Crippen molar-refractivity contribution in [3.63, 3.8) is 0 Å². The lowest BCUT2D eigenvalue weighted by Gasteiger charge is -2.13. The minimum absolute atomic E-state index is 0.0454. The van der Waals surface area contributed by atoms with Crippen molar-refractivity contribution in [2.45, 2.75) is 38.4 Å². The highest BCUT2D eigenvalue weighted by Gasteiger charge is 2.57. The second kappa shape index (κ2) is 4.31. The van der Waals surface area contributed by atoms with Gasteiger partial charge in [-0.3, -0.25) is 10.2 Å². The van der Waals surface area contributed by atoms with Crippen molar-refractivity contribution >= 4 is 23.1 Å². The van der Waals surface area contributed by atoms with Crippen LogP contribution in [0.15, 0.2) is 11.4 Å². The van der Waals surface area contributed by atoms with Gasteiger partial charge in [0, 0.05) is 21.9 Å². The minimum atomic E-state index is -0.0454. The molecule has 0 bridgehead atoms. The van der Waals surface area contributed by atoms with Crippen molar-refractivity contribution in [2.24, 2.45) is 11.1 Å². The third kappa shape index (κ3) is 2.37. The molecule has 19 heavy (non-hydrogen) atoms. The smallest absolute Gasteiger partial charge is 0.237 e. The third-order valence-corrected chi connectivity index (χ3v) is 5.08. The second-order valence-corrected chi connectivity index (χ2v) is 6.76. The van der Waals surface area contributed by atoms with Crippen LogP contribution >= 0.6 is 11.3 Å². The van der Waals surface area contributed by atoms with Gasteiger partial charge in [0.05, 0.1) is 12.6 Å². The summed E-state index contributed by atoms with van der Waals surface area (Å²) in [6.07, 6.45) is 2.14. The highest BCUT2D eigenvalue weighted by atomic mass is 32.1. The van der Waals surface area contributed by atoms with Crippen molar-refractivity contribution < 1.29 is 4.79 Å². The van der Waals surface area contributed by atoms with E-state index in [0.29, 0.717) is 18.0 Å². The first-order valence-corrected chi connectivity index (χ1v) is 7.31. The third-order valence-electron chi connectivity index (χ3n) is 4.14. The zero-order valence-electron chi connectivity index (χ0n) is 10.8. The van der Waals surface area contributed by atoms with E-state index in [1.165, 1.54) is 17.8 Å². The van der Waals surface area contributed by atoms with Crippen molar-refractivity contribution in [2.75, 3.05) is 0 Å². The Balaban J connectivity index is 1.51. The van der Waals surface area contributed by atoms with E-state index in [9.17, 15) is 4.79 Å². The van der Waals surface area contributed by atoms with Gasteiger partial charge in [0.15, 0.2) is 0 Å². The van der Waals surface area contributed by atoms with Gasteiger partial charge in [-0.05, 0) is 24.3 Å². The fourth-order valence-corrected chi connectivity index (χ4v) is 3.57. The molecule has 2 fully saturated rings. The maximum atomic E-state index is 12.0. The Labute approximate surface area is 116 Å². The number of piperidine rings is 1. The van der Waals surface area contributed by atoms with E-state index < -0.39 is 0 Å². The maximum Gasteiger partial charge on any atom is 0.237 e. The molecule has 1 aromatic rings. The van der Waals surface area contributed by atoms with Gasteiger partial charge < -0.3 is 16.4 Å². The molecule has 1 saturated carbocycles. The van der Waals surface area contributed by atoms with Crippen molar-refractivity contribution in [3.8, 4) is 0 Å². The summed E-state index contributed by atoms with van der Waals surface area (Å²) in [5.41, 5.74) is 6.49. The fraction of sp³-hybridized carbons (Fsp3) is 0.538. The van der Waals surface area contributed by atoms with Crippen LogP contribution in [0.5, 0.6) is 0 Å². The van der Waals surface area contributed by atoms with Crippen LogP contribution in [-0.4, -0.2) is 23.8 Å². The van der Waals surface area contributed by atoms with Crippen molar-refractivity contribution in [1.29, 1.82) is 5.41 Å². The molecule has 3 atom stereocenters. The lowest BCUT2D eigenvalue weighted by molar-refractivity contribution is -0.123. The Morgan fingerprint density at radius 1 is 1.68 bits per heavy atom. The Bertz CT molecular complexity index is 541. The Kier molecular flexibility index (Phi) is 2.87. The van der Waals surface area contributed by atoms with Crippen LogP contribution < -0.4 is 16.4 Å². The summed E-state index contributed by atoms with van der Waals surface area (Å²) < 4.78 is 0. The SMILES string of the molecule is C[C@]12C[C@@H](C(=O)NCc3cc(C(=N)N)cs3)N[C@H]1C2. The van der Waals surface area contributed by atoms with Gasteiger partial charge >= 0.3 is 0 Å². The van der Waals surface area contributed by atoms with Crippen LogP contribution in [0.25, 0.3) is 0 Å². The first-order valence-electron chi connectivity index (χ1n) is 6.43. The summed E-state index contributed by atoms with van der Waals surface area (Å²) in [6, 6.07) is 2.35. The number of carbonyl (C=O) groups excluding carboxylic acids is 1. The average molecular weight is 278 g/mol. The van der Waals surface area contributed by atoms with Crippen molar-refractivity contribution in [1.82, 2.24) is 10.6 Å². The first-order chi connectivity index (χ1) is 8.98. The molecule has 0 radical (unpaired) electrons. The van der Waals surface area contributed by atoms with E-state index in [-0.39, 0.29) is 17.8 Å². The van der Waals surface area contributed by atoms with E-state index in [2.05, 4.69) is 17.6 Å². The number of nitrogens with one attached hydrogen (secondary N) is 3. The van der Waals surface area contributed by atoms with Gasteiger partial charge in [-0.1, -0.05) is 6.92 Å². The number of nitrogen functional groups attached to an aromatic ring is 1. The van der Waals surface area contributed by atoms with E-state index >= 15 is 0 Å². The molecule has 102 valence electrons. The molecule has 3 rings (SSSR count). The Hall–Kier alpha value is -1.40. The largest absolute Gasteiger partial charge is 0.384 e. The van der Waals surface area contributed by atoms with Crippen LogP contribution in [0, 0.1) is 10.8 Å². The Morgan fingerprint density at radius 2 is 2.47 bits per heavy atom. The molecule has 5 N–H and O–H groups in total. The van der Waals surface area contributed by atoms with Gasteiger partial charge in [0.2, 0.25) is 5.91 Å². The minimum Gasteiger partial charge on any atom is -0.384 e. The first kappa shape index (κ1) is 12.6. The number of amidine groups is 1. The van der Waals surface area contributed by atoms with E-state index in [0.717, 1.165) is 16.9 Å². The predicted molar refractivity (Wildman–Crippen MR) is 75.2 cm³/mol. The number of amides is 1. The average Bonchev–Trinajstić information content (AvgIpc) is 2.78. The number of rotatable bonds is 4. The van der Waals surface area contributed by atoms with Gasteiger partial charge in [-0.25, -0.2) is 0 Å². The molecule has 0 spiro atoms. The molecule has 0 unspecified atom stereocenters. The lowest BCUT2D eigenvalue weighted by Crippen LogP contribution is -2.41. The second-order valence-electron chi connectivity index (χ2n) is 5.77. The molecule has 1 aliphatic carbocycles. The van der Waals surface area contributed by atoms with Gasteiger partial charge in [-0.15, -0.1) is 11.3 Å².